The summed E-state index contributed by atoms with van der Waals surface area (Å²) < 4.78 is 45.4. The zero-order valence-electron chi connectivity index (χ0n) is 13.5. The third-order valence-electron chi connectivity index (χ3n) is 3.64. The number of hydrogen-bond donors (Lipinski definition) is 1. The molecule has 0 saturated carbocycles. The van der Waals surface area contributed by atoms with Gasteiger partial charge in [0.05, 0.1) is 23.6 Å². The van der Waals surface area contributed by atoms with Crippen LogP contribution in [-0.2, 0) is 11.0 Å². The summed E-state index contributed by atoms with van der Waals surface area (Å²) >= 11 is 0. The number of rotatable bonds is 2. The molecule has 2 aromatic heterocycles. The van der Waals surface area contributed by atoms with Gasteiger partial charge < -0.3 is 9.73 Å². The molecule has 0 saturated heterocycles. The van der Waals surface area contributed by atoms with Gasteiger partial charge in [0, 0.05) is 7.05 Å². The van der Waals surface area contributed by atoms with Crippen molar-refractivity contribution in [3.63, 3.8) is 0 Å². The Kier molecular flexibility index (Phi) is 4.28. The summed E-state index contributed by atoms with van der Waals surface area (Å²) in [6, 6.07) is 6.04. The molecule has 0 aliphatic rings. The fourth-order valence-electron chi connectivity index (χ4n) is 2.32. The number of nitrogens with zero attached hydrogens (tertiary/aromatic N) is 2. The summed E-state index contributed by atoms with van der Waals surface area (Å²) in [5.41, 5.74) is -2.98. The molecule has 1 aromatic carbocycles. The molecular formula is C16H12F3N3O4. The Labute approximate surface area is 143 Å². The molecule has 0 spiro atoms. The Bertz CT molecular complexity index is 1060. The molecule has 0 unspecified atom stereocenters. The Morgan fingerprint density at radius 3 is 2.62 bits per heavy atom. The second kappa shape index (κ2) is 6.30. The molecule has 0 radical (unpaired) electrons. The maximum Gasteiger partial charge on any atom is 0.435 e. The van der Waals surface area contributed by atoms with Gasteiger partial charge in [0.15, 0.2) is 5.69 Å². The Morgan fingerprint density at radius 1 is 1.27 bits per heavy atom. The largest absolute Gasteiger partial charge is 0.437 e. The average molecular weight is 367 g/mol. The van der Waals surface area contributed by atoms with Gasteiger partial charge in [-0.05, 0) is 18.2 Å². The molecule has 0 aliphatic heterocycles. The Morgan fingerprint density at radius 2 is 1.96 bits per heavy atom. The van der Waals surface area contributed by atoms with Crippen LogP contribution in [-0.4, -0.2) is 30.2 Å². The molecule has 0 atom stereocenters. The molecule has 10 heteroatoms. The van der Waals surface area contributed by atoms with Crippen molar-refractivity contribution < 1.29 is 27.2 Å². The molecule has 0 fully saturated rings. The van der Waals surface area contributed by atoms with E-state index in [1.807, 2.05) is 5.32 Å². The summed E-state index contributed by atoms with van der Waals surface area (Å²) in [4.78, 5) is 32.4. The number of carbonyl (C=O) groups excluding carboxylic acids is 1. The highest BCUT2D eigenvalue weighted by Gasteiger charge is 2.37. The van der Waals surface area contributed by atoms with Crippen molar-refractivity contribution in [1.29, 1.82) is 0 Å². The first kappa shape index (κ1) is 17.7. The van der Waals surface area contributed by atoms with E-state index < -0.39 is 34.7 Å². The van der Waals surface area contributed by atoms with E-state index in [1.165, 1.54) is 26.3 Å². The van der Waals surface area contributed by atoms with Crippen molar-refractivity contribution in [2.45, 2.75) is 6.18 Å². The first-order valence-electron chi connectivity index (χ1n) is 7.25. The predicted molar refractivity (Wildman–Crippen MR) is 86.6 cm³/mol. The number of fused-ring (bicyclic) bond motifs is 2. The van der Waals surface area contributed by atoms with Crippen LogP contribution in [0.3, 0.4) is 0 Å². The van der Waals surface area contributed by atoms with Gasteiger partial charge in [-0.3, -0.25) is 9.63 Å². The number of hydroxylamine groups is 2. The molecule has 136 valence electrons. The molecule has 3 aromatic rings. The fraction of sp³-hybridized carbons (Fsp3) is 0.188. The number of pyridine rings is 1. The van der Waals surface area contributed by atoms with Crippen molar-refractivity contribution in [3.05, 3.63) is 46.2 Å². The number of nitrogens with one attached hydrogen (secondary N) is 1. The van der Waals surface area contributed by atoms with E-state index in [4.69, 9.17) is 4.42 Å². The summed E-state index contributed by atoms with van der Waals surface area (Å²) in [6.45, 7) is 0. The number of urea groups is 1. The van der Waals surface area contributed by atoms with Crippen molar-refractivity contribution in [3.8, 4) is 0 Å². The third-order valence-corrected chi connectivity index (χ3v) is 3.64. The van der Waals surface area contributed by atoms with Gasteiger partial charge in [0.25, 0.3) is 0 Å². The highest BCUT2D eigenvalue weighted by atomic mass is 19.4. The highest BCUT2D eigenvalue weighted by Crippen LogP contribution is 2.35. The van der Waals surface area contributed by atoms with Crippen LogP contribution in [0, 0.1) is 0 Å². The van der Waals surface area contributed by atoms with E-state index >= 15 is 0 Å². The summed E-state index contributed by atoms with van der Waals surface area (Å²) in [5.74, 6) is 0. The lowest BCUT2D eigenvalue weighted by Crippen LogP contribution is -2.31. The molecule has 3 rings (SSSR count). The van der Waals surface area contributed by atoms with Gasteiger partial charge in [0.1, 0.15) is 5.58 Å². The molecule has 26 heavy (non-hydrogen) atoms. The predicted octanol–water partition coefficient (Wildman–Crippen LogP) is 3.39. The average Bonchev–Trinajstić information content (AvgIpc) is 2.60. The molecule has 0 bridgehead atoms. The number of hydrogen-bond acceptors (Lipinski definition) is 5. The summed E-state index contributed by atoms with van der Waals surface area (Å²) in [7, 11) is 2.38. The Hall–Kier alpha value is -3.14. The van der Waals surface area contributed by atoms with Crippen molar-refractivity contribution >= 4 is 33.8 Å². The number of benzene rings is 1. The van der Waals surface area contributed by atoms with Crippen molar-refractivity contribution in [2.75, 3.05) is 19.5 Å². The Balaban J connectivity index is 2.28. The van der Waals surface area contributed by atoms with E-state index in [0.717, 1.165) is 6.07 Å². The number of para-hydroxylation sites is 1. The van der Waals surface area contributed by atoms with E-state index in [9.17, 15) is 22.8 Å². The molecule has 7 nitrogen and oxygen atoms in total. The lowest BCUT2D eigenvalue weighted by molar-refractivity contribution is -0.140. The highest BCUT2D eigenvalue weighted by molar-refractivity contribution is 5.94. The minimum atomic E-state index is -4.88. The third kappa shape index (κ3) is 3.06. The van der Waals surface area contributed by atoms with Crippen molar-refractivity contribution in [1.82, 2.24) is 10.0 Å². The molecular weight excluding hydrogens is 355 g/mol. The quantitative estimate of drug-likeness (QED) is 0.554. The van der Waals surface area contributed by atoms with E-state index in [-0.39, 0.29) is 16.4 Å². The second-order valence-electron chi connectivity index (χ2n) is 5.27. The molecule has 1 N–H and O–H groups in total. The van der Waals surface area contributed by atoms with Crippen LogP contribution in [0.4, 0.5) is 23.7 Å². The minimum Gasteiger partial charge on any atom is -0.437 e. The number of aromatic nitrogens is 1. The number of anilines is 1. The number of alkyl halides is 3. The first-order valence-corrected chi connectivity index (χ1v) is 7.25. The maximum absolute atomic E-state index is 13.3. The van der Waals surface area contributed by atoms with Crippen LogP contribution in [0.5, 0.6) is 0 Å². The second-order valence-corrected chi connectivity index (χ2v) is 5.27. The first-order chi connectivity index (χ1) is 12.2. The minimum absolute atomic E-state index is 0.113. The smallest absolute Gasteiger partial charge is 0.435 e. The lowest BCUT2D eigenvalue weighted by atomic mass is 10.1. The molecule has 2 amide bonds. The zero-order valence-corrected chi connectivity index (χ0v) is 13.5. The van der Waals surface area contributed by atoms with E-state index in [1.54, 1.807) is 12.1 Å². The topological polar surface area (TPSA) is 84.7 Å². The van der Waals surface area contributed by atoms with Gasteiger partial charge in [-0.1, -0.05) is 12.1 Å². The zero-order chi connectivity index (χ0) is 19.1. The standard InChI is InChI=1S/C16H12F3N3O4/c1-22(25-2)15(24)20-10-7-9-12(23)8-5-3-4-6-11(8)26-14(9)21-13(10)16(17,18)19/h3-7H,1-2H3,(H,20,24). The van der Waals surface area contributed by atoms with Gasteiger partial charge in [-0.2, -0.15) is 13.2 Å². The van der Waals surface area contributed by atoms with E-state index in [2.05, 4.69) is 9.82 Å². The molecule has 2 heterocycles. The number of amides is 2. The SMILES string of the molecule is CON(C)C(=O)Nc1cc2c(=O)c3ccccc3oc2nc1C(F)(F)F. The summed E-state index contributed by atoms with van der Waals surface area (Å²) in [5, 5.41) is 2.72. The van der Waals surface area contributed by atoms with Gasteiger partial charge in [0.2, 0.25) is 11.1 Å². The lowest BCUT2D eigenvalue weighted by Gasteiger charge is -2.17. The molecule has 0 aliphatic carbocycles. The monoisotopic (exact) mass is 367 g/mol. The van der Waals surface area contributed by atoms with Gasteiger partial charge in [-0.15, -0.1) is 0 Å². The van der Waals surface area contributed by atoms with Crippen LogP contribution >= 0.6 is 0 Å². The normalized spacial score (nSPS) is 11.7. The van der Waals surface area contributed by atoms with Crippen LogP contribution in [0.2, 0.25) is 0 Å². The van der Waals surface area contributed by atoms with Crippen LogP contribution in [0.25, 0.3) is 22.1 Å². The van der Waals surface area contributed by atoms with Crippen LogP contribution in [0.15, 0.2) is 39.5 Å². The number of carbonyl (C=O) groups is 1. The van der Waals surface area contributed by atoms with Gasteiger partial charge >= 0.3 is 12.2 Å². The van der Waals surface area contributed by atoms with Crippen LogP contribution < -0.4 is 10.7 Å². The van der Waals surface area contributed by atoms with E-state index in [0.29, 0.717) is 5.06 Å². The summed E-state index contributed by atoms with van der Waals surface area (Å²) in [6.07, 6.45) is -4.88. The number of halogens is 3. The van der Waals surface area contributed by atoms with Gasteiger partial charge in [-0.25, -0.2) is 14.8 Å². The van der Waals surface area contributed by atoms with Crippen molar-refractivity contribution in [2.24, 2.45) is 0 Å². The fourth-order valence-corrected chi connectivity index (χ4v) is 2.32. The van der Waals surface area contributed by atoms with Crippen LogP contribution in [0.1, 0.15) is 5.69 Å². The maximum atomic E-state index is 13.3.